The number of unbranched alkanes of at least 4 members (excludes halogenated alkanes) is 5. The van der Waals surface area contributed by atoms with Crippen LogP contribution in [0.4, 0.5) is 0 Å². The van der Waals surface area contributed by atoms with Crippen LogP contribution in [-0.2, 0) is 19.1 Å². The molecule has 0 unspecified atom stereocenters. The van der Waals surface area contributed by atoms with E-state index in [0.717, 1.165) is 24.8 Å². The Labute approximate surface area is 151 Å². The van der Waals surface area contributed by atoms with E-state index in [-0.39, 0.29) is 5.91 Å². The number of benzene rings is 1. The standard InChI is InChI=1S/C20H31NO4/c1-4-5-6-7-8-12-15-17(20(23)25-3)21-19(22)18(24-2)16-13-10-9-11-14-16/h9-11,13-14,17-18H,4-8,12,15H2,1-3H3,(H,21,22)/t17-,18+/m1/s1. The maximum absolute atomic E-state index is 12.5. The van der Waals surface area contributed by atoms with Crippen LogP contribution in [0.3, 0.4) is 0 Å². The molecule has 0 aliphatic carbocycles. The molecule has 0 fully saturated rings. The van der Waals surface area contributed by atoms with Gasteiger partial charge in [0.1, 0.15) is 6.04 Å². The molecule has 2 atom stereocenters. The van der Waals surface area contributed by atoms with Crippen molar-refractivity contribution in [3.63, 3.8) is 0 Å². The monoisotopic (exact) mass is 349 g/mol. The third-order valence-electron chi connectivity index (χ3n) is 4.22. The number of amides is 1. The molecule has 0 heterocycles. The van der Waals surface area contributed by atoms with Gasteiger partial charge in [-0.05, 0) is 12.0 Å². The summed E-state index contributed by atoms with van der Waals surface area (Å²) in [6, 6.07) is 8.60. The highest BCUT2D eigenvalue weighted by atomic mass is 16.5. The Morgan fingerprint density at radius 2 is 1.64 bits per heavy atom. The van der Waals surface area contributed by atoms with Gasteiger partial charge in [0.05, 0.1) is 7.11 Å². The van der Waals surface area contributed by atoms with Crippen molar-refractivity contribution in [3.05, 3.63) is 35.9 Å². The minimum Gasteiger partial charge on any atom is -0.467 e. The van der Waals surface area contributed by atoms with E-state index in [9.17, 15) is 9.59 Å². The van der Waals surface area contributed by atoms with Gasteiger partial charge >= 0.3 is 5.97 Å². The molecular weight excluding hydrogens is 318 g/mol. The SMILES string of the molecule is CCCCCCCC[C@@H](NC(=O)[C@@H](OC)c1ccccc1)C(=O)OC. The molecule has 0 saturated carbocycles. The Hall–Kier alpha value is -1.88. The summed E-state index contributed by atoms with van der Waals surface area (Å²) >= 11 is 0. The molecule has 0 spiro atoms. The van der Waals surface area contributed by atoms with Crippen molar-refractivity contribution in [1.29, 1.82) is 0 Å². The van der Waals surface area contributed by atoms with Crippen molar-refractivity contribution in [2.75, 3.05) is 14.2 Å². The Balaban J connectivity index is 2.58. The quantitative estimate of drug-likeness (QED) is 0.461. The molecule has 1 N–H and O–H groups in total. The van der Waals surface area contributed by atoms with Gasteiger partial charge in [0.15, 0.2) is 6.10 Å². The molecule has 5 heteroatoms. The van der Waals surface area contributed by atoms with Crippen molar-refractivity contribution in [2.24, 2.45) is 0 Å². The van der Waals surface area contributed by atoms with Gasteiger partial charge in [-0.25, -0.2) is 4.79 Å². The average molecular weight is 349 g/mol. The lowest BCUT2D eigenvalue weighted by molar-refractivity contribution is -0.147. The molecule has 1 aromatic carbocycles. The molecule has 140 valence electrons. The maximum Gasteiger partial charge on any atom is 0.328 e. The van der Waals surface area contributed by atoms with Gasteiger partial charge in [0.2, 0.25) is 0 Å². The van der Waals surface area contributed by atoms with Gasteiger partial charge in [-0.1, -0.05) is 75.8 Å². The average Bonchev–Trinajstić information content (AvgIpc) is 2.64. The summed E-state index contributed by atoms with van der Waals surface area (Å²) in [6.45, 7) is 2.18. The Morgan fingerprint density at radius 3 is 2.24 bits per heavy atom. The highest BCUT2D eigenvalue weighted by Gasteiger charge is 2.26. The highest BCUT2D eigenvalue weighted by molar-refractivity contribution is 5.87. The van der Waals surface area contributed by atoms with E-state index in [0.29, 0.717) is 6.42 Å². The van der Waals surface area contributed by atoms with Crippen LogP contribution in [0.5, 0.6) is 0 Å². The topological polar surface area (TPSA) is 64.6 Å². The Morgan fingerprint density at radius 1 is 1.00 bits per heavy atom. The van der Waals surface area contributed by atoms with Gasteiger partial charge in [-0.15, -0.1) is 0 Å². The zero-order valence-corrected chi connectivity index (χ0v) is 15.6. The van der Waals surface area contributed by atoms with Gasteiger partial charge < -0.3 is 14.8 Å². The van der Waals surface area contributed by atoms with Crippen molar-refractivity contribution in [2.45, 2.75) is 64.0 Å². The van der Waals surface area contributed by atoms with Crippen LogP contribution < -0.4 is 5.32 Å². The fourth-order valence-corrected chi connectivity index (χ4v) is 2.79. The number of hydrogen-bond donors (Lipinski definition) is 1. The normalized spacial score (nSPS) is 13.1. The number of carbonyl (C=O) groups is 2. The van der Waals surface area contributed by atoms with Crippen LogP contribution in [0.1, 0.15) is 63.5 Å². The summed E-state index contributed by atoms with van der Waals surface area (Å²) in [4.78, 5) is 24.5. The fraction of sp³-hybridized carbons (Fsp3) is 0.600. The first-order chi connectivity index (χ1) is 12.1. The third kappa shape index (κ3) is 7.69. The fourth-order valence-electron chi connectivity index (χ4n) is 2.79. The lowest BCUT2D eigenvalue weighted by atomic mass is 10.0. The molecule has 0 aromatic heterocycles. The van der Waals surface area contributed by atoms with E-state index < -0.39 is 18.1 Å². The molecular formula is C20H31NO4. The summed E-state index contributed by atoms with van der Waals surface area (Å²) in [6.07, 6.45) is 6.59. The summed E-state index contributed by atoms with van der Waals surface area (Å²) in [5.74, 6) is -0.736. The lowest BCUT2D eigenvalue weighted by Gasteiger charge is -2.21. The molecule has 1 rings (SSSR count). The van der Waals surface area contributed by atoms with Crippen molar-refractivity contribution < 1.29 is 19.1 Å². The van der Waals surface area contributed by atoms with Crippen LogP contribution in [0.25, 0.3) is 0 Å². The smallest absolute Gasteiger partial charge is 0.328 e. The Bertz CT molecular complexity index is 504. The van der Waals surface area contributed by atoms with Crippen LogP contribution >= 0.6 is 0 Å². The predicted octanol–water partition coefficient (Wildman–Crippen LogP) is 3.78. The van der Waals surface area contributed by atoms with Crippen LogP contribution in [-0.4, -0.2) is 32.1 Å². The molecule has 5 nitrogen and oxygen atoms in total. The molecule has 0 aliphatic heterocycles. The summed E-state index contributed by atoms with van der Waals surface area (Å²) in [5.41, 5.74) is 0.755. The molecule has 1 aromatic rings. The first-order valence-corrected chi connectivity index (χ1v) is 9.10. The molecule has 1 amide bonds. The van der Waals surface area contributed by atoms with Gasteiger partial charge in [0.25, 0.3) is 5.91 Å². The molecule has 0 bridgehead atoms. The summed E-state index contributed by atoms with van der Waals surface area (Å²) in [5, 5.41) is 2.78. The van der Waals surface area contributed by atoms with E-state index >= 15 is 0 Å². The third-order valence-corrected chi connectivity index (χ3v) is 4.22. The second-order valence-corrected chi connectivity index (χ2v) is 6.17. The highest BCUT2D eigenvalue weighted by Crippen LogP contribution is 2.17. The number of esters is 1. The Kier molecular flexibility index (Phi) is 10.6. The summed E-state index contributed by atoms with van der Waals surface area (Å²) in [7, 11) is 2.83. The minimum absolute atomic E-state index is 0.324. The van der Waals surface area contributed by atoms with Gasteiger partial charge in [-0.2, -0.15) is 0 Å². The molecule has 0 aliphatic rings. The number of nitrogens with one attached hydrogen (secondary N) is 1. The number of ether oxygens (including phenoxy) is 2. The second-order valence-electron chi connectivity index (χ2n) is 6.17. The second kappa shape index (κ2) is 12.5. The summed E-state index contributed by atoms with van der Waals surface area (Å²) < 4.78 is 10.2. The number of hydrogen-bond acceptors (Lipinski definition) is 4. The van der Waals surface area contributed by atoms with E-state index in [4.69, 9.17) is 9.47 Å². The largest absolute Gasteiger partial charge is 0.467 e. The van der Waals surface area contributed by atoms with Crippen LogP contribution in [0.2, 0.25) is 0 Å². The zero-order valence-electron chi connectivity index (χ0n) is 15.6. The lowest BCUT2D eigenvalue weighted by Crippen LogP contribution is -2.44. The molecule has 25 heavy (non-hydrogen) atoms. The van der Waals surface area contributed by atoms with Gasteiger partial charge in [-0.3, -0.25) is 4.79 Å². The number of carbonyl (C=O) groups excluding carboxylic acids is 2. The maximum atomic E-state index is 12.5. The predicted molar refractivity (Wildman–Crippen MR) is 98.1 cm³/mol. The molecule has 0 radical (unpaired) electrons. The van der Waals surface area contributed by atoms with E-state index in [1.54, 1.807) is 0 Å². The van der Waals surface area contributed by atoms with Crippen molar-refractivity contribution in [1.82, 2.24) is 5.32 Å². The molecule has 0 saturated heterocycles. The van der Waals surface area contributed by atoms with Crippen molar-refractivity contribution in [3.8, 4) is 0 Å². The van der Waals surface area contributed by atoms with E-state index in [1.807, 2.05) is 30.3 Å². The zero-order chi connectivity index (χ0) is 18.5. The number of methoxy groups -OCH3 is 2. The van der Waals surface area contributed by atoms with Crippen LogP contribution in [0, 0.1) is 0 Å². The first-order valence-electron chi connectivity index (χ1n) is 9.10. The van der Waals surface area contributed by atoms with E-state index in [2.05, 4.69) is 12.2 Å². The first kappa shape index (κ1) is 21.2. The van der Waals surface area contributed by atoms with E-state index in [1.165, 1.54) is 33.5 Å². The minimum atomic E-state index is -0.738. The van der Waals surface area contributed by atoms with Crippen LogP contribution in [0.15, 0.2) is 30.3 Å². The van der Waals surface area contributed by atoms with Gasteiger partial charge in [0, 0.05) is 7.11 Å². The van der Waals surface area contributed by atoms with Crippen molar-refractivity contribution >= 4 is 11.9 Å². The number of rotatable bonds is 12.